The molecular weight excluding hydrogens is 394 g/mol. The Balaban J connectivity index is 2.00. The number of amides is 1. The highest BCUT2D eigenvalue weighted by Gasteiger charge is 2.50. The van der Waals surface area contributed by atoms with E-state index in [0.29, 0.717) is 28.4 Å². The van der Waals surface area contributed by atoms with Gasteiger partial charge in [-0.2, -0.15) is 0 Å². The Kier molecular flexibility index (Phi) is 4.51. The molecule has 0 aromatic heterocycles. The van der Waals surface area contributed by atoms with Gasteiger partial charge in [-0.3, -0.25) is 9.59 Å². The molecule has 1 heterocycles. The Hall–Kier alpha value is -1.69. The average Bonchev–Trinajstić information content (AvgIpc) is 2.76. The highest BCUT2D eigenvalue weighted by molar-refractivity contribution is 9.10. The monoisotopic (exact) mass is 407 g/mol. The van der Waals surface area contributed by atoms with Crippen LogP contribution in [0.2, 0.25) is 5.02 Å². The van der Waals surface area contributed by atoms with Gasteiger partial charge in [0.05, 0.1) is 12.1 Å². The SMILES string of the molecule is CCN1C(=O)C(O)(CC(=O)c2ccc(Cl)cc2)c2cc(Br)ccc21. The van der Waals surface area contributed by atoms with E-state index in [1.807, 2.05) is 13.0 Å². The van der Waals surface area contributed by atoms with Gasteiger partial charge in [-0.25, -0.2) is 0 Å². The van der Waals surface area contributed by atoms with Crippen LogP contribution >= 0.6 is 27.5 Å². The molecule has 4 nitrogen and oxygen atoms in total. The lowest BCUT2D eigenvalue weighted by Crippen LogP contribution is -2.41. The first-order valence-corrected chi connectivity index (χ1v) is 8.67. The van der Waals surface area contributed by atoms with E-state index < -0.39 is 11.5 Å². The third-order valence-electron chi connectivity index (χ3n) is 4.19. The summed E-state index contributed by atoms with van der Waals surface area (Å²) in [5.74, 6) is -0.785. The van der Waals surface area contributed by atoms with Gasteiger partial charge in [0, 0.05) is 27.2 Å². The largest absolute Gasteiger partial charge is 0.375 e. The number of hydrogen-bond acceptors (Lipinski definition) is 3. The van der Waals surface area contributed by atoms with Gasteiger partial charge in [-0.05, 0) is 49.4 Å². The summed E-state index contributed by atoms with van der Waals surface area (Å²) in [6.45, 7) is 2.25. The number of rotatable bonds is 4. The molecule has 0 aliphatic carbocycles. The first-order chi connectivity index (χ1) is 11.4. The van der Waals surface area contributed by atoms with Crippen molar-refractivity contribution < 1.29 is 14.7 Å². The molecule has 124 valence electrons. The van der Waals surface area contributed by atoms with E-state index in [0.717, 1.165) is 4.47 Å². The fraction of sp³-hybridized carbons (Fsp3) is 0.222. The Morgan fingerprint density at radius 2 is 1.92 bits per heavy atom. The van der Waals surface area contributed by atoms with E-state index in [9.17, 15) is 14.7 Å². The normalized spacial score (nSPS) is 19.5. The van der Waals surface area contributed by atoms with Crippen molar-refractivity contribution in [2.24, 2.45) is 0 Å². The number of likely N-dealkylation sites (N-methyl/N-ethyl adjacent to an activating group) is 1. The van der Waals surface area contributed by atoms with Crippen LogP contribution in [0.5, 0.6) is 0 Å². The molecular formula is C18H15BrClNO3. The molecule has 1 amide bonds. The molecule has 1 aliphatic rings. The lowest BCUT2D eigenvalue weighted by atomic mass is 9.88. The first-order valence-electron chi connectivity index (χ1n) is 7.50. The van der Waals surface area contributed by atoms with Crippen LogP contribution in [0.4, 0.5) is 5.69 Å². The molecule has 1 N–H and O–H groups in total. The summed E-state index contributed by atoms with van der Waals surface area (Å²) in [5.41, 5.74) is -0.360. The Morgan fingerprint density at radius 1 is 1.25 bits per heavy atom. The zero-order valence-electron chi connectivity index (χ0n) is 12.9. The van der Waals surface area contributed by atoms with Gasteiger partial charge in [0.1, 0.15) is 0 Å². The maximum atomic E-state index is 12.7. The molecule has 2 aromatic carbocycles. The van der Waals surface area contributed by atoms with E-state index >= 15 is 0 Å². The van der Waals surface area contributed by atoms with Crippen LogP contribution < -0.4 is 4.90 Å². The lowest BCUT2D eigenvalue weighted by molar-refractivity contribution is -0.135. The average molecular weight is 409 g/mol. The van der Waals surface area contributed by atoms with Gasteiger partial charge in [-0.1, -0.05) is 27.5 Å². The smallest absolute Gasteiger partial charge is 0.264 e. The zero-order chi connectivity index (χ0) is 17.5. The second kappa shape index (κ2) is 6.31. The maximum absolute atomic E-state index is 12.7. The number of nitrogens with zero attached hydrogens (tertiary/aromatic N) is 1. The number of carbonyl (C=O) groups is 2. The van der Waals surface area contributed by atoms with E-state index in [-0.39, 0.29) is 12.2 Å². The summed E-state index contributed by atoms with van der Waals surface area (Å²) in [4.78, 5) is 26.8. The molecule has 0 radical (unpaired) electrons. The van der Waals surface area contributed by atoms with Crippen molar-refractivity contribution in [1.29, 1.82) is 0 Å². The number of hydrogen-bond donors (Lipinski definition) is 1. The number of benzene rings is 2. The van der Waals surface area contributed by atoms with Gasteiger partial charge < -0.3 is 10.0 Å². The summed E-state index contributed by atoms with van der Waals surface area (Å²) in [7, 11) is 0. The Labute approximate surface area is 153 Å². The van der Waals surface area contributed by atoms with E-state index in [4.69, 9.17) is 11.6 Å². The first kappa shape index (κ1) is 17.1. The van der Waals surface area contributed by atoms with Crippen LogP contribution in [0.1, 0.15) is 29.3 Å². The molecule has 0 bridgehead atoms. The fourth-order valence-corrected chi connectivity index (χ4v) is 3.46. The number of carbonyl (C=O) groups excluding carboxylic acids is 2. The highest BCUT2D eigenvalue weighted by atomic mass is 79.9. The molecule has 3 rings (SSSR count). The van der Waals surface area contributed by atoms with Crippen LogP contribution in [0, 0.1) is 0 Å². The zero-order valence-corrected chi connectivity index (χ0v) is 15.3. The van der Waals surface area contributed by atoms with Gasteiger partial charge in [0.15, 0.2) is 11.4 Å². The van der Waals surface area contributed by atoms with E-state index in [1.54, 1.807) is 36.4 Å². The molecule has 24 heavy (non-hydrogen) atoms. The van der Waals surface area contributed by atoms with Gasteiger partial charge >= 0.3 is 0 Å². The molecule has 1 aliphatic heterocycles. The van der Waals surface area contributed by atoms with E-state index in [1.165, 1.54) is 4.90 Å². The van der Waals surface area contributed by atoms with Crippen molar-refractivity contribution in [2.45, 2.75) is 18.9 Å². The van der Waals surface area contributed by atoms with E-state index in [2.05, 4.69) is 15.9 Å². The Bertz CT molecular complexity index is 822. The summed E-state index contributed by atoms with van der Waals surface area (Å²) < 4.78 is 0.740. The summed E-state index contributed by atoms with van der Waals surface area (Å²) in [5, 5.41) is 11.6. The van der Waals surface area contributed by atoms with Crippen LogP contribution in [0.15, 0.2) is 46.9 Å². The maximum Gasteiger partial charge on any atom is 0.264 e. The van der Waals surface area contributed by atoms with Crippen molar-refractivity contribution >= 4 is 44.9 Å². The van der Waals surface area contributed by atoms with Crippen LogP contribution in [-0.4, -0.2) is 23.3 Å². The lowest BCUT2D eigenvalue weighted by Gasteiger charge is -2.22. The predicted molar refractivity (Wildman–Crippen MR) is 96.5 cm³/mol. The number of Topliss-reactive ketones (excluding diaryl/α,β-unsaturated/α-hetero) is 1. The highest BCUT2D eigenvalue weighted by Crippen LogP contribution is 2.44. The number of anilines is 1. The summed E-state index contributed by atoms with van der Waals surface area (Å²) in [6, 6.07) is 11.7. The molecule has 1 atom stereocenters. The number of fused-ring (bicyclic) bond motifs is 1. The van der Waals surface area contributed by atoms with Gasteiger partial charge in [0.2, 0.25) is 0 Å². The number of halogens is 2. The predicted octanol–water partition coefficient (Wildman–Crippen LogP) is 3.93. The second-order valence-corrected chi connectivity index (χ2v) is 7.03. The van der Waals surface area contributed by atoms with Gasteiger partial charge in [0.25, 0.3) is 5.91 Å². The van der Waals surface area contributed by atoms with Crippen LogP contribution in [0.25, 0.3) is 0 Å². The molecule has 2 aromatic rings. The van der Waals surface area contributed by atoms with Crippen molar-refractivity contribution in [3.05, 3.63) is 63.1 Å². The van der Waals surface area contributed by atoms with Crippen molar-refractivity contribution in [2.75, 3.05) is 11.4 Å². The molecule has 0 spiro atoms. The van der Waals surface area contributed by atoms with Gasteiger partial charge in [-0.15, -0.1) is 0 Å². The van der Waals surface area contributed by atoms with Crippen molar-refractivity contribution in [3.63, 3.8) is 0 Å². The fourth-order valence-electron chi connectivity index (χ4n) is 2.98. The minimum absolute atomic E-state index is 0.312. The standard InChI is InChI=1S/C18H15BrClNO3/c1-2-21-15-8-5-12(19)9-14(15)18(24,17(21)23)10-16(22)11-3-6-13(20)7-4-11/h3-9,24H,2,10H2,1H3. The minimum Gasteiger partial charge on any atom is -0.375 e. The third-order valence-corrected chi connectivity index (χ3v) is 4.94. The third kappa shape index (κ3) is 2.77. The second-order valence-electron chi connectivity index (χ2n) is 5.68. The van der Waals surface area contributed by atoms with Crippen molar-refractivity contribution in [1.82, 2.24) is 0 Å². The van der Waals surface area contributed by atoms with Crippen molar-refractivity contribution in [3.8, 4) is 0 Å². The topological polar surface area (TPSA) is 57.6 Å². The quantitative estimate of drug-likeness (QED) is 0.780. The van der Waals surface area contributed by atoms with Crippen LogP contribution in [0.3, 0.4) is 0 Å². The van der Waals surface area contributed by atoms with Crippen LogP contribution in [-0.2, 0) is 10.4 Å². The molecule has 0 saturated heterocycles. The summed E-state index contributed by atoms with van der Waals surface area (Å²) in [6.07, 6.45) is -0.312. The minimum atomic E-state index is -1.86. The molecule has 6 heteroatoms. The molecule has 0 saturated carbocycles. The summed E-state index contributed by atoms with van der Waals surface area (Å²) >= 11 is 9.19. The number of aliphatic hydroxyl groups is 1. The Morgan fingerprint density at radius 3 is 2.54 bits per heavy atom. The molecule has 1 unspecified atom stereocenters. The number of ketones is 1. The molecule has 0 fully saturated rings.